The lowest BCUT2D eigenvalue weighted by atomic mass is 10.2. The first-order valence-electron chi connectivity index (χ1n) is 22.6. The zero-order valence-electron chi connectivity index (χ0n) is 39.7. The Morgan fingerprint density at radius 2 is 0.961 bits per heavy atom. The van der Waals surface area contributed by atoms with Crippen LogP contribution in [0.1, 0.15) is 56.2 Å². The maximum absolute atomic E-state index is 13.8. The third-order valence-electron chi connectivity index (χ3n) is 12.0. The number of nitrogen functional groups attached to an aromatic ring is 3. The van der Waals surface area contributed by atoms with Gasteiger partial charge >= 0.3 is 54.5 Å². The van der Waals surface area contributed by atoms with E-state index in [0.717, 1.165) is 24.5 Å². The predicted molar refractivity (Wildman–Crippen MR) is 253 cm³/mol. The molecule has 4 aromatic heterocycles. The summed E-state index contributed by atoms with van der Waals surface area (Å²) in [6.07, 6.45) is -13.7. The summed E-state index contributed by atoms with van der Waals surface area (Å²) in [5.74, 6) is -0.416. The third-order valence-corrected chi connectivity index (χ3v) is 15.5. The number of nitrogens with two attached hydrogens (primary N) is 3. The highest BCUT2D eigenvalue weighted by atomic mass is 31.2. The van der Waals surface area contributed by atoms with Crippen LogP contribution in [0.4, 0.5) is 17.5 Å². The molecule has 16 atom stereocenters. The molecule has 8 heterocycles. The van der Waals surface area contributed by atoms with Crippen LogP contribution in [-0.2, 0) is 68.9 Å². The van der Waals surface area contributed by atoms with Crippen molar-refractivity contribution in [3.8, 4) is 0 Å². The van der Waals surface area contributed by atoms with Crippen molar-refractivity contribution in [3.05, 3.63) is 101 Å². The molecule has 0 saturated carbocycles. The molecule has 0 aliphatic carbocycles. The summed E-state index contributed by atoms with van der Waals surface area (Å²) < 4.78 is 116. The number of H-pyrrole nitrogens is 1. The van der Waals surface area contributed by atoms with E-state index in [9.17, 15) is 66.9 Å². The molecule has 77 heavy (non-hydrogen) atoms. The second-order valence-electron chi connectivity index (χ2n) is 17.4. The Hall–Kier alpha value is -5.13. The average molecular weight is 1170 g/mol. The molecule has 0 bridgehead atoms. The van der Waals surface area contributed by atoms with Crippen LogP contribution in [0.15, 0.2) is 67.0 Å². The van der Waals surface area contributed by atoms with Gasteiger partial charge in [-0.3, -0.25) is 55.2 Å². The molecule has 4 aromatic rings. The van der Waals surface area contributed by atoms with Crippen molar-refractivity contribution < 1.29 is 93.6 Å². The van der Waals surface area contributed by atoms with Gasteiger partial charge in [0, 0.05) is 60.6 Å². The molecule has 4 aliphatic rings. The van der Waals surface area contributed by atoms with Crippen molar-refractivity contribution in [1.29, 1.82) is 0 Å². The standard InChI is InChI=1S/C37H49N11O25P4/c1-17-12-48(37(54)44-33(17)50)32-11-19(23(68-32)13-63-74(55)56)71-76(59,60)65-15-25-21(10-31(70-25)47-7-4-28(40)43-36(47)53)73-77(61,62)66-16-24-20(9-30(69-24)46-6-3-27(39)42-35(46)52)72-75(57,58)64-14-22-18(49)8-29(67-22)45-5-2-26(38)41-34(45)51/h2-7,12,18-25,29-32,49H,8-11,13-16H2,1H3,(H10-,38,39,40,41,42,43,44,50,51,52,53,54,55,56,57,58,59,60,61,62)/p+1/t18-,19-,20-,21-,22+,23+,24+,25+,29+,30+,31+,32+/m0/s1. The summed E-state index contributed by atoms with van der Waals surface area (Å²) in [5.41, 5.74) is 12.6. The molecular weight excluding hydrogens is 1120 g/mol. The highest BCUT2D eigenvalue weighted by Crippen LogP contribution is 2.53. The summed E-state index contributed by atoms with van der Waals surface area (Å²) >= 11 is 0. The SMILES string of the molecule is Cc1cn([C@H]2C[C@H](OP(=O)(O)OC[C@H]3O[C@@H](n4ccc(N)nc4=O)C[C@@H]3OP(=O)(O)OC[C@H]3O[C@@H](n4ccc(N)nc4=O)C[C@@H]3OP(=O)(O)OC[C@H]3O[C@@H](n4ccc(N)nc4=O)C[C@@H]3O)[C@@H](CO[P+](=O)O)O2)c(=O)[nH]c1=O. The lowest BCUT2D eigenvalue weighted by Gasteiger charge is -2.25. The summed E-state index contributed by atoms with van der Waals surface area (Å²) in [4.78, 5) is 118. The number of nitrogens with one attached hydrogen (secondary N) is 1. The van der Waals surface area contributed by atoms with Gasteiger partial charge in [0.05, 0.1) is 25.9 Å². The zero-order chi connectivity index (χ0) is 55.7. The van der Waals surface area contributed by atoms with Crippen molar-refractivity contribution >= 4 is 49.2 Å². The van der Waals surface area contributed by atoms with Crippen LogP contribution in [0.3, 0.4) is 0 Å². The lowest BCUT2D eigenvalue weighted by Crippen LogP contribution is -2.33. The molecule has 36 nitrogen and oxygen atoms in total. The molecule has 8 rings (SSSR count). The first-order chi connectivity index (χ1) is 36.2. The maximum atomic E-state index is 13.8. The van der Waals surface area contributed by atoms with E-state index in [4.69, 9.17) is 67.8 Å². The van der Waals surface area contributed by atoms with E-state index < -0.39 is 173 Å². The molecule has 0 amide bonds. The van der Waals surface area contributed by atoms with E-state index in [2.05, 4.69) is 19.9 Å². The molecular formula is C37H50N11O25P4+. The number of aryl methyl sites for hydroxylation is 1. The smallest absolute Gasteiger partial charge is 0.390 e. The largest absolute Gasteiger partial charge is 0.694 e. The van der Waals surface area contributed by atoms with Crippen molar-refractivity contribution in [2.24, 2.45) is 0 Å². The zero-order valence-corrected chi connectivity index (χ0v) is 43.3. The Kier molecular flexibility index (Phi) is 17.8. The molecule has 422 valence electrons. The van der Waals surface area contributed by atoms with Gasteiger partial charge < -0.3 is 55.9 Å². The van der Waals surface area contributed by atoms with Crippen molar-refractivity contribution in [2.75, 3.05) is 43.6 Å². The van der Waals surface area contributed by atoms with E-state index >= 15 is 0 Å². The molecule has 4 aliphatic heterocycles. The summed E-state index contributed by atoms with van der Waals surface area (Å²) in [6, 6.07) is 3.77. The highest BCUT2D eigenvalue weighted by Gasteiger charge is 2.49. The Morgan fingerprint density at radius 3 is 1.35 bits per heavy atom. The molecule has 40 heteroatoms. The van der Waals surface area contributed by atoms with Crippen molar-refractivity contribution in [1.82, 2.24) is 38.2 Å². The van der Waals surface area contributed by atoms with Gasteiger partial charge in [-0.1, -0.05) is 0 Å². The Bertz CT molecular complexity index is 3290. The fraction of sp³-hybridized carbons (Fsp3) is 0.568. The second kappa shape index (κ2) is 23.7. The molecule has 0 aromatic carbocycles. The van der Waals surface area contributed by atoms with E-state index in [1.807, 2.05) is 0 Å². The second-order valence-corrected chi connectivity index (χ2v) is 22.3. The van der Waals surface area contributed by atoms with Crippen LogP contribution in [0, 0.1) is 6.92 Å². The van der Waals surface area contributed by atoms with E-state index in [1.54, 1.807) is 0 Å². The van der Waals surface area contributed by atoms with E-state index in [1.165, 1.54) is 43.7 Å². The monoisotopic (exact) mass is 1170 g/mol. The number of phosphoric ester groups is 3. The summed E-state index contributed by atoms with van der Waals surface area (Å²) in [5, 5.41) is 10.6. The summed E-state index contributed by atoms with van der Waals surface area (Å²) in [6.45, 7) is -2.08. The van der Waals surface area contributed by atoms with Crippen LogP contribution in [0.25, 0.3) is 0 Å². The highest BCUT2D eigenvalue weighted by molar-refractivity contribution is 7.48. The summed E-state index contributed by atoms with van der Waals surface area (Å²) in [7, 11) is -19.1. The van der Waals surface area contributed by atoms with E-state index in [0.29, 0.717) is 0 Å². The minimum Gasteiger partial charge on any atom is -0.390 e. The molecule has 0 radical (unpaired) electrons. The van der Waals surface area contributed by atoms with Gasteiger partial charge in [0.1, 0.15) is 91.7 Å². The minimum atomic E-state index is -5.41. The van der Waals surface area contributed by atoms with Crippen LogP contribution < -0.4 is 45.5 Å². The number of aromatic amines is 1. The van der Waals surface area contributed by atoms with E-state index in [-0.39, 0.29) is 35.9 Å². The minimum absolute atomic E-state index is 0.0691. The first kappa shape index (κ1) is 58.0. The fourth-order valence-corrected chi connectivity index (χ4v) is 11.6. The van der Waals surface area contributed by atoms with Crippen molar-refractivity contribution in [3.63, 3.8) is 0 Å². The van der Waals surface area contributed by atoms with Gasteiger partial charge in [-0.05, 0) is 25.1 Å². The Balaban J connectivity index is 0.952. The van der Waals surface area contributed by atoms with Crippen molar-refractivity contribution in [2.45, 2.75) is 106 Å². The number of nitrogens with zero attached hydrogens (tertiary/aromatic N) is 7. The van der Waals surface area contributed by atoms with Gasteiger partial charge in [0.15, 0.2) is 0 Å². The topological polar surface area (TPSA) is 509 Å². The number of ether oxygens (including phenoxy) is 4. The maximum Gasteiger partial charge on any atom is 0.694 e. The van der Waals surface area contributed by atoms with Crippen LogP contribution in [-0.4, -0.2) is 138 Å². The molecule has 0 spiro atoms. The third kappa shape index (κ3) is 14.6. The molecule has 4 fully saturated rings. The molecule has 12 N–H and O–H groups in total. The van der Waals surface area contributed by atoms with Crippen LogP contribution >= 0.6 is 31.7 Å². The fourth-order valence-electron chi connectivity index (χ4n) is 8.41. The van der Waals surface area contributed by atoms with Gasteiger partial charge in [0.2, 0.25) is 0 Å². The Labute approximate surface area is 430 Å². The van der Waals surface area contributed by atoms with Crippen LogP contribution in [0.2, 0.25) is 0 Å². The molecule has 4 unspecified atom stereocenters. The van der Waals surface area contributed by atoms with Crippen LogP contribution in [0.5, 0.6) is 0 Å². The lowest BCUT2D eigenvalue weighted by molar-refractivity contribution is -0.0635. The number of rotatable bonds is 22. The number of aromatic nitrogens is 8. The first-order valence-corrected chi connectivity index (χ1v) is 28.3. The number of aliphatic hydroxyl groups is 1. The normalized spacial score (nSPS) is 30.0. The Morgan fingerprint density at radius 1 is 0.610 bits per heavy atom. The molecule has 4 saturated heterocycles. The predicted octanol–water partition coefficient (Wildman–Crippen LogP) is -1.95. The number of phosphoric acid groups is 3. The average Bonchev–Trinajstić information content (AvgIpc) is 4.13. The van der Waals surface area contributed by atoms with Gasteiger partial charge in [0.25, 0.3) is 5.56 Å². The number of aliphatic hydroxyl groups excluding tert-OH is 1. The van der Waals surface area contributed by atoms with Gasteiger partial charge in [-0.25, -0.2) is 32.9 Å². The number of hydrogen-bond acceptors (Lipinski definition) is 27. The quantitative estimate of drug-likeness (QED) is 0.0386. The van der Waals surface area contributed by atoms with Gasteiger partial charge in [-0.2, -0.15) is 15.0 Å². The van der Waals surface area contributed by atoms with Gasteiger partial charge in [-0.15, -0.1) is 9.42 Å². The number of anilines is 3. The number of hydrogen-bond donors (Lipinski definition) is 9.